The van der Waals surface area contributed by atoms with Gasteiger partial charge in [0.2, 0.25) is 5.88 Å². The van der Waals surface area contributed by atoms with Crippen LogP contribution in [0.15, 0.2) is 12.1 Å². The van der Waals surface area contributed by atoms with Crippen molar-refractivity contribution in [3.63, 3.8) is 0 Å². The van der Waals surface area contributed by atoms with Crippen LogP contribution in [0.25, 0.3) is 0 Å². The van der Waals surface area contributed by atoms with E-state index in [1.54, 1.807) is 17.0 Å². The number of carboxylic acid groups (broad SMARTS) is 1. The smallest absolute Gasteiger partial charge is 0.306 e. The Morgan fingerprint density at radius 2 is 2.29 bits per heavy atom. The van der Waals surface area contributed by atoms with Crippen LogP contribution in [-0.4, -0.2) is 59.8 Å². The van der Waals surface area contributed by atoms with Gasteiger partial charge in [-0.15, -0.1) is 0 Å². The standard InChI is InChI=1S/C14H18N2O5/c1-9-3-4-11(13(15-9)20-2)14(19)16-5-6-21-10(8-16)7-12(17)18/h3-4,10H,5-8H2,1-2H3,(H,17,18). The molecule has 1 aliphatic rings. The van der Waals surface area contributed by atoms with E-state index in [4.69, 9.17) is 14.6 Å². The molecule has 21 heavy (non-hydrogen) atoms. The normalized spacial score (nSPS) is 18.4. The van der Waals surface area contributed by atoms with E-state index in [1.807, 2.05) is 6.92 Å². The van der Waals surface area contributed by atoms with Crippen molar-refractivity contribution >= 4 is 11.9 Å². The SMILES string of the molecule is COc1nc(C)ccc1C(=O)N1CCOC(CC(=O)O)C1. The molecular weight excluding hydrogens is 276 g/mol. The number of morpholine rings is 1. The van der Waals surface area contributed by atoms with Gasteiger partial charge < -0.3 is 19.5 Å². The van der Waals surface area contributed by atoms with Gasteiger partial charge in [0, 0.05) is 18.8 Å². The van der Waals surface area contributed by atoms with Crippen LogP contribution >= 0.6 is 0 Å². The summed E-state index contributed by atoms with van der Waals surface area (Å²) in [6.45, 7) is 2.81. The lowest BCUT2D eigenvalue weighted by Crippen LogP contribution is -2.46. The highest BCUT2D eigenvalue weighted by atomic mass is 16.5. The zero-order chi connectivity index (χ0) is 15.4. The maximum atomic E-state index is 12.5. The first-order valence-corrected chi connectivity index (χ1v) is 6.65. The van der Waals surface area contributed by atoms with Gasteiger partial charge in [-0.25, -0.2) is 4.98 Å². The van der Waals surface area contributed by atoms with E-state index < -0.39 is 12.1 Å². The van der Waals surface area contributed by atoms with Crippen molar-refractivity contribution in [3.8, 4) is 5.88 Å². The lowest BCUT2D eigenvalue weighted by atomic mass is 10.1. The summed E-state index contributed by atoms with van der Waals surface area (Å²) in [4.78, 5) is 29.0. The van der Waals surface area contributed by atoms with Crippen LogP contribution in [0.2, 0.25) is 0 Å². The zero-order valence-electron chi connectivity index (χ0n) is 12.0. The van der Waals surface area contributed by atoms with E-state index in [0.29, 0.717) is 18.7 Å². The Hall–Kier alpha value is -2.15. The van der Waals surface area contributed by atoms with Crippen molar-refractivity contribution in [1.82, 2.24) is 9.88 Å². The second-order valence-corrected chi connectivity index (χ2v) is 4.85. The predicted octanol–water partition coefficient (Wildman–Crippen LogP) is 0.714. The fourth-order valence-electron chi connectivity index (χ4n) is 2.24. The Labute approximate surface area is 122 Å². The maximum Gasteiger partial charge on any atom is 0.306 e. The fourth-order valence-corrected chi connectivity index (χ4v) is 2.24. The molecule has 0 aliphatic carbocycles. The molecule has 1 aromatic heterocycles. The first-order valence-electron chi connectivity index (χ1n) is 6.65. The van der Waals surface area contributed by atoms with Crippen molar-refractivity contribution < 1.29 is 24.2 Å². The Morgan fingerprint density at radius 3 is 2.95 bits per heavy atom. The molecule has 1 fully saturated rings. The minimum atomic E-state index is -0.941. The van der Waals surface area contributed by atoms with Crippen molar-refractivity contribution in [2.24, 2.45) is 0 Å². The number of pyridine rings is 1. The molecule has 7 heteroatoms. The summed E-state index contributed by atoms with van der Waals surface area (Å²) in [6.07, 6.45) is -0.600. The number of carbonyl (C=O) groups is 2. The number of aromatic nitrogens is 1. The Balaban J connectivity index is 2.14. The van der Waals surface area contributed by atoms with E-state index >= 15 is 0 Å². The summed E-state index contributed by atoms with van der Waals surface area (Å²) >= 11 is 0. The lowest BCUT2D eigenvalue weighted by molar-refractivity contribution is -0.141. The van der Waals surface area contributed by atoms with Crippen molar-refractivity contribution in [1.29, 1.82) is 0 Å². The first kappa shape index (κ1) is 15.2. The van der Waals surface area contributed by atoms with Gasteiger partial charge in [-0.2, -0.15) is 0 Å². The molecule has 1 aromatic rings. The summed E-state index contributed by atoms with van der Waals surface area (Å²) in [5.74, 6) is -0.886. The molecule has 0 spiro atoms. The van der Waals surface area contributed by atoms with Gasteiger partial charge in [0.25, 0.3) is 5.91 Å². The molecule has 7 nitrogen and oxygen atoms in total. The largest absolute Gasteiger partial charge is 0.481 e. The van der Waals surface area contributed by atoms with Crippen LogP contribution in [-0.2, 0) is 9.53 Å². The second-order valence-electron chi connectivity index (χ2n) is 4.85. The van der Waals surface area contributed by atoms with E-state index in [2.05, 4.69) is 4.98 Å². The van der Waals surface area contributed by atoms with E-state index in [-0.39, 0.29) is 24.8 Å². The summed E-state index contributed by atoms with van der Waals surface area (Å²) in [5.41, 5.74) is 1.13. The third kappa shape index (κ3) is 3.69. The summed E-state index contributed by atoms with van der Waals surface area (Å²) in [7, 11) is 1.46. The lowest BCUT2D eigenvalue weighted by Gasteiger charge is -2.32. The number of methoxy groups -OCH3 is 1. The average molecular weight is 294 g/mol. The highest BCUT2D eigenvalue weighted by Crippen LogP contribution is 2.20. The molecule has 1 aliphatic heterocycles. The molecule has 0 bridgehead atoms. The van der Waals surface area contributed by atoms with Crippen LogP contribution < -0.4 is 4.74 Å². The average Bonchev–Trinajstić information content (AvgIpc) is 2.46. The summed E-state index contributed by atoms with van der Waals surface area (Å²) in [5, 5.41) is 8.81. The molecule has 114 valence electrons. The van der Waals surface area contributed by atoms with Gasteiger partial charge in [-0.3, -0.25) is 9.59 Å². The molecule has 1 saturated heterocycles. The predicted molar refractivity (Wildman–Crippen MR) is 73.4 cm³/mol. The van der Waals surface area contributed by atoms with Gasteiger partial charge in [0.1, 0.15) is 5.56 Å². The molecule has 1 N–H and O–H groups in total. The minimum Gasteiger partial charge on any atom is -0.481 e. The number of hydrogen-bond acceptors (Lipinski definition) is 5. The molecular formula is C14H18N2O5. The number of hydrogen-bond donors (Lipinski definition) is 1. The number of rotatable bonds is 4. The number of aliphatic carboxylic acids is 1. The van der Waals surface area contributed by atoms with Gasteiger partial charge in [0.15, 0.2) is 0 Å². The molecule has 1 unspecified atom stereocenters. The van der Waals surface area contributed by atoms with Gasteiger partial charge >= 0.3 is 5.97 Å². The highest BCUT2D eigenvalue weighted by molar-refractivity contribution is 5.96. The number of amides is 1. The number of ether oxygens (including phenoxy) is 2. The Morgan fingerprint density at radius 1 is 1.52 bits per heavy atom. The van der Waals surface area contributed by atoms with Crippen LogP contribution in [0.5, 0.6) is 5.88 Å². The molecule has 1 amide bonds. The maximum absolute atomic E-state index is 12.5. The van der Waals surface area contributed by atoms with Crippen molar-refractivity contribution in [3.05, 3.63) is 23.4 Å². The van der Waals surface area contributed by atoms with Crippen LogP contribution in [0.4, 0.5) is 0 Å². The molecule has 0 aromatic carbocycles. The monoisotopic (exact) mass is 294 g/mol. The third-order valence-electron chi connectivity index (χ3n) is 3.25. The third-order valence-corrected chi connectivity index (χ3v) is 3.25. The molecule has 2 rings (SSSR count). The Bertz CT molecular complexity index is 546. The summed E-state index contributed by atoms with van der Waals surface area (Å²) in [6, 6.07) is 3.41. The van der Waals surface area contributed by atoms with Crippen LogP contribution in [0.1, 0.15) is 22.5 Å². The van der Waals surface area contributed by atoms with Crippen LogP contribution in [0.3, 0.4) is 0 Å². The second kappa shape index (κ2) is 6.53. The van der Waals surface area contributed by atoms with Gasteiger partial charge in [-0.1, -0.05) is 0 Å². The first-order chi connectivity index (χ1) is 10.0. The van der Waals surface area contributed by atoms with Crippen LogP contribution in [0, 0.1) is 6.92 Å². The molecule has 0 radical (unpaired) electrons. The number of aryl methyl sites for hydroxylation is 1. The topological polar surface area (TPSA) is 89.0 Å². The fraction of sp³-hybridized carbons (Fsp3) is 0.500. The molecule has 0 saturated carbocycles. The van der Waals surface area contributed by atoms with Gasteiger partial charge in [0.05, 0.1) is 26.2 Å². The zero-order valence-corrected chi connectivity index (χ0v) is 12.0. The van der Waals surface area contributed by atoms with E-state index in [0.717, 1.165) is 5.69 Å². The molecule has 1 atom stereocenters. The van der Waals surface area contributed by atoms with E-state index in [9.17, 15) is 9.59 Å². The highest BCUT2D eigenvalue weighted by Gasteiger charge is 2.28. The molecule has 2 heterocycles. The summed E-state index contributed by atoms with van der Waals surface area (Å²) < 4.78 is 10.5. The Kier molecular flexibility index (Phi) is 4.74. The number of carbonyl (C=O) groups excluding carboxylic acids is 1. The van der Waals surface area contributed by atoms with Crippen molar-refractivity contribution in [2.45, 2.75) is 19.4 Å². The minimum absolute atomic E-state index is 0.118. The van der Waals surface area contributed by atoms with E-state index in [1.165, 1.54) is 7.11 Å². The number of carboxylic acids is 1. The van der Waals surface area contributed by atoms with Gasteiger partial charge in [-0.05, 0) is 19.1 Å². The quantitative estimate of drug-likeness (QED) is 0.880. The number of nitrogens with zero attached hydrogens (tertiary/aromatic N) is 2. The van der Waals surface area contributed by atoms with Crippen molar-refractivity contribution in [2.75, 3.05) is 26.8 Å².